The third-order valence-electron chi connectivity index (χ3n) is 5.15. The van der Waals surface area contributed by atoms with Gasteiger partial charge in [-0.15, -0.1) is 0 Å². The average Bonchev–Trinajstić information content (AvgIpc) is 2.45. The zero-order valence-corrected chi connectivity index (χ0v) is 13.4. The van der Waals surface area contributed by atoms with Crippen LogP contribution >= 0.6 is 15.9 Å². The van der Waals surface area contributed by atoms with Crippen LogP contribution in [0.5, 0.6) is 0 Å². The van der Waals surface area contributed by atoms with Gasteiger partial charge in [-0.3, -0.25) is 0 Å². The fourth-order valence-corrected chi connectivity index (χ4v) is 4.18. The van der Waals surface area contributed by atoms with Crippen LogP contribution in [0.25, 0.3) is 0 Å². The molecule has 1 saturated carbocycles. The molecule has 1 aliphatic carbocycles. The molecule has 1 aromatic carbocycles. The van der Waals surface area contributed by atoms with E-state index in [0.717, 1.165) is 18.8 Å². The molecule has 1 heterocycles. The Balaban J connectivity index is 1.73. The van der Waals surface area contributed by atoms with Gasteiger partial charge in [0.05, 0.1) is 15.8 Å². The van der Waals surface area contributed by atoms with E-state index in [9.17, 15) is 4.39 Å². The van der Waals surface area contributed by atoms with Gasteiger partial charge in [0, 0.05) is 19.2 Å². The number of hydrogen-bond donors (Lipinski definition) is 1. The van der Waals surface area contributed by atoms with Crippen molar-refractivity contribution in [2.45, 2.75) is 44.9 Å². The summed E-state index contributed by atoms with van der Waals surface area (Å²) in [7, 11) is 0. The number of nitrogen functional groups attached to an aromatic ring is 1. The summed E-state index contributed by atoms with van der Waals surface area (Å²) < 4.78 is 14.0. The van der Waals surface area contributed by atoms with E-state index in [2.05, 4.69) is 20.8 Å². The Hall–Kier alpha value is -0.770. The molecule has 20 heavy (non-hydrogen) atoms. The molecule has 1 aliphatic heterocycles. The van der Waals surface area contributed by atoms with Gasteiger partial charge in [0.1, 0.15) is 5.82 Å². The van der Waals surface area contributed by atoms with Crippen molar-refractivity contribution < 1.29 is 4.39 Å². The number of benzene rings is 1. The first kappa shape index (κ1) is 14.2. The summed E-state index contributed by atoms with van der Waals surface area (Å²) in [4.78, 5) is 2.32. The van der Waals surface area contributed by atoms with Crippen molar-refractivity contribution in [1.29, 1.82) is 0 Å². The van der Waals surface area contributed by atoms with E-state index in [1.165, 1.54) is 51.0 Å². The second-order valence-electron chi connectivity index (χ2n) is 6.37. The second kappa shape index (κ2) is 5.55. The van der Waals surface area contributed by atoms with Crippen LogP contribution < -0.4 is 10.6 Å². The third-order valence-corrected chi connectivity index (χ3v) is 5.76. The Morgan fingerprint density at radius 3 is 2.35 bits per heavy atom. The zero-order chi connectivity index (χ0) is 14.2. The quantitative estimate of drug-likeness (QED) is 0.749. The van der Waals surface area contributed by atoms with E-state index in [1.54, 1.807) is 0 Å². The molecule has 110 valence electrons. The molecule has 0 atom stereocenters. The smallest absolute Gasteiger partial charge is 0.139 e. The Morgan fingerprint density at radius 2 is 1.70 bits per heavy atom. The lowest BCUT2D eigenvalue weighted by Gasteiger charge is -2.45. The van der Waals surface area contributed by atoms with Gasteiger partial charge in [-0.05, 0) is 53.1 Å². The summed E-state index contributed by atoms with van der Waals surface area (Å²) >= 11 is 3.26. The lowest BCUT2D eigenvalue weighted by molar-refractivity contribution is 0.144. The minimum atomic E-state index is -0.285. The van der Waals surface area contributed by atoms with Crippen LogP contribution in [-0.4, -0.2) is 13.1 Å². The Kier molecular flexibility index (Phi) is 3.93. The highest BCUT2D eigenvalue weighted by molar-refractivity contribution is 9.10. The Bertz CT molecular complexity index is 487. The van der Waals surface area contributed by atoms with E-state index in [0.29, 0.717) is 15.6 Å². The predicted molar refractivity (Wildman–Crippen MR) is 85.5 cm³/mol. The number of anilines is 2. The zero-order valence-electron chi connectivity index (χ0n) is 11.8. The number of nitrogens with two attached hydrogens (primary N) is 1. The van der Waals surface area contributed by atoms with Crippen molar-refractivity contribution in [3.63, 3.8) is 0 Å². The Labute approximate surface area is 128 Å². The first-order chi connectivity index (χ1) is 9.60. The predicted octanol–water partition coefficient (Wildman–Crippen LogP) is 4.72. The van der Waals surface area contributed by atoms with Crippen LogP contribution in [0.15, 0.2) is 16.6 Å². The highest BCUT2D eigenvalue weighted by Crippen LogP contribution is 2.45. The molecule has 0 amide bonds. The van der Waals surface area contributed by atoms with Crippen LogP contribution in [0.1, 0.15) is 44.9 Å². The summed E-state index contributed by atoms with van der Waals surface area (Å²) in [6, 6.07) is 3.24. The summed E-state index contributed by atoms with van der Waals surface area (Å²) in [5.41, 5.74) is 8.10. The van der Waals surface area contributed by atoms with Crippen LogP contribution in [0.4, 0.5) is 15.8 Å². The highest BCUT2D eigenvalue weighted by atomic mass is 79.9. The highest BCUT2D eigenvalue weighted by Gasteiger charge is 2.35. The maximum absolute atomic E-state index is 13.5. The fourth-order valence-electron chi connectivity index (χ4n) is 3.85. The van der Waals surface area contributed by atoms with Gasteiger partial charge >= 0.3 is 0 Å². The third kappa shape index (κ3) is 2.67. The summed E-state index contributed by atoms with van der Waals surface area (Å²) in [5, 5.41) is 0. The van der Waals surface area contributed by atoms with Crippen molar-refractivity contribution in [3.05, 3.63) is 22.4 Å². The van der Waals surface area contributed by atoms with Crippen LogP contribution in [0.3, 0.4) is 0 Å². The molecule has 1 saturated heterocycles. The first-order valence-corrected chi connectivity index (χ1v) is 8.38. The van der Waals surface area contributed by atoms with Crippen molar-refractivity contribution in [2.24, 2.45) is 5.41 Å². The fraction of sp³-hybridized carbons (Fsp3) is 0.625. The lowest BCUT2D eigenvalue weighted by atomic mass is 9.68. The number of nitrogens with zero attached hydrogens (tertiary/aromatic N) is 1. The monoisotopic (exact) mass is 340 g/mol. The molecule has 2 N–H and O–H groups in total. The topological polar surface area (TPSA) is 29.3 Å². The van der Waals surface area contributed by atoms with E-state index < -0.39 is 0 Å². The van der Waals surface area contributed by atoms with Gasteiger partial charge in [-0.1, -0.05) is 19.3 Å². The molecule has 0 aromatic heterocycles. The van der Waals surface area contributed by atoms with E-state index in [1.807, 2.05) is 6.07 Å². The SMILES string of the molecule is Nc1cc(F)c(Br)cc1N1CCC2(CCCCC2)CC1. The molecular formula is C16H22BrFN2. The van der Waals surface area contributed by atoms with E-state index in [-0.39, 0.29) is 5.82 Å². The van der Waals surface area contributed by atoms with Gasteiger partial charge < -0.3 is 10.6 Å². The minimum absolute atomic E-state index is 0.285. The molecule has 1 spiro atoms. The van der Waals surface area contributed by atoms with Gasteiger partial charge in [-0.2, -0.15) is 0 Å². The standard InChI is InChI=1S/C16H22BrFN2/c17-12-10-15(14(19)11-13(12)18)20-8-6-16(7-9-20)4-2-1-3-5-16/h10-11H,1-9,19H2. The average molecular weight is 341 g/mol. The number of piperidine rings is 1. The summed E-state index contributed by atoms with van der Waals surface area (Å²) in [6.45, 7) is 2.09. The van der Waals surface area contributed by atoms with Crippen molar-refractivity contribution >= 4 is 27.3 Å². The van der Waals surface area contributed by atoms with Gasteiger partial charge in [0.2, 0.25) is 0 Å². The molecular weight excluding hydrogens is 319 g/mol. The van der Waals surface area contributed by atoms with Crippen molar-refractivity contribution in [1.82, 2.24) is 0 Å². The Morgan fingerprint density at radius 1 is 1.05 bits per heavy atom. The minimum Gasteiger partial charge on any atom is -0.397 e. The van der Waals surface area contributed by atoms with Crippen LogP contribution in [0, 0.1) is 11.2 Å². The second-order valence-corrected chi connectivity index (χ2v) is 7.23. The maximum Gasteiger partial charge on any atom is 0.139 e. The molecule has 0 bridgehead atoms. The molecule has 2 aliphatic rings. The van der Waals surface area contributed by atoms with Gasteiger partial charge in [0.15, 0.2) is 0 Å². The van der Waals surface area contributed by atoms with Crippen LogP contribution in [-0.2, 0) is 0 Å². The molecule has 3 rings (SSSR count). The molecule has 2 nitrogen and oxygen atoms in total. The van der Waals surface area contributed by atoms with Gasteiger partial charge in [-0.25, -0.2) is 4.39 Å². The number of hydrogen-bond acceptors (Lipinski definition) is 2. The van der Waals surface area contributed by atoms with E-state index in [4.69, 9.17) is 5.73 Å². The molecule has 0 unspecified atom stereocenters. The number of rotatable bonds is 1. The molecule has 1 aromatic rings. The van der Waals surface area contributed by atoms with E-state index >= 15 is 0 Å². The molecule has 2 fully saturated rings. The first-order valence-electron chi connectivity index (χ1n) is 7.59. The number of halogens is 2. The van der Waals surface area contributed by atoms with Gasteiger partial charge in [0.25, 0.3) is 0 Å². The van der Waals surface area contributed by atoms with Crippen LogP contribution in [0.2, 0.25) is 0 Å². The van der Waals surface area contributed by atoms with Crippen molar-refractivity contribution in [3.8, 4) is 0 Å². The normalized spacial score (nSPS) is 22.2. The van der Waals surface area contributed by atoms with Crippen molar-refractivity contribution in [2.75, 3.05) is 23.7 Å². The maximum atomic E-state index is 13.5. The largest absolute Gasteiger partial charge is 0.397 e. The molecule has 4 heteroatoms. The summed E-state index contributed by atoms with van der Waals surface area (Å²) in [5.74, 6) is -0.285. The lowest BCUT2D eigenvalue weighted by Crippen LogP contribution is -2.41. The molecule has 0 radical (unpaired) electrons. The summed E-state index contributed by atoms with van der Waals surface area (Å²) in [6.07, 6.45) is 9.48.